The lowest BCUT2D eigenvalue weighted by molar-refractivity contribution is 0.0946. The summed E-state index contributed by atoms with van der Waals surface area (Å²) >= 11 is 0. The van der Waals surface area contributed by atoms with Crippen molar-refractivity contribution in [1.29, 1.82) is 0 Å². The Morgan fingerprint density at radius 2 is 1.55 bits per heavy atom. The molecule has 7 nitrogen and oxygen atoms in total. The minimum Gasteiger partial charge on any atom is -0.493 e. The smallest absolute Gasteiger partial charge is 0.261 e. The van der Waals surface area contributed by atoms with Gasteiger partial charge in [0.1, 0.15) is 6.61 Å². The van der Waals surface area contributed by atoms with Crippen LogP contribution in [0, 0.1) is 6.92 Å². The van der Waals surface area contributed by atoms with E-state index >= 15 is 0 Å². The Morgan fingerprint density at radius 3 is 2.23 bits per heavy atom. The van der Waals surface area contributed by atoms with Gasteiger partial charge < -0.3 is 14.8 Å². The number of methoxy groups -OCH3 is 1. The van der Waals surface area contributed by atoms with Crippen molar-refractivity contribution in [2.75, 3.05) is 25.0 Å². The maximum absolute atomic E-state index is 12.6. The monoisotopic (exact) mass is 440 g/mol. The van der Waals surface area contributed by atoms with E-state index < -0.39 is 10.0 Å². The lowest BCUT2D eigenvalue weighted by Gasteiger charge is -2.12. The molecular formula is C23H24N2O5S. The molecule has 0 heterocycles. The van der Waals surface area contributed by atoms with Crippen LogP contribution in [0.2, 0.25) is 0 Å². The molecule has 0 unspecified atom stereocenters. The number of hydrogen-bond donors (Lipinski definition) is 2. The highest BCUT2D eigenvalue weighted by atomic mass is 32.2. The van der Waals surface area contributed by atoms with Crippen LogP contribution in [0.1, 0.15) is 15.9 Å². The minimum absolute atomic E-state index is 0.0757. The van der Waals surface area contributed by atoms with Gasteiger partial charge in [0, 0.05) is 5.56 Å². The normalized spacial score (nSPS) is 10.9. The zero-order valence-electron chi connectivity index (χ0n) is 17.3. The third-order valence-corrected chi connectivity index (χ3v) is 5.91. The highest BCUT2D eigenvalue weighted by Gasteiger charge is 2.16. The van der Waals surface area contributed by atoms with Crippen LogP contribution in [0.5, 0.6) is 11.5 Å². The molecule has 31 heavy (non-hydrogen) atoms. The van der Waals surface area contributed by atoms with Crippen LogP contribution < -0.4 is 19.5 Å². The number of carbonyl (C=O) groups is 1. The zero-order valence-corrected chi connectivity index (χ0v) is 18.1. The van der Waals surface area contributed by atoms with Crippen molar-refractivity contribution in [3.63, 3.8) is 0 Å². The molecular weight excluding hydrogens is 416 g/mol. The second-order valence-electron chi connectivity index (χ2n) is 6.70. The van der Waals surface area contributed by atoms with Gasteiger partial charge in [-0.1, -0.05) is 30.3 Å². The molecule has 0 saturated carbocycles. The van der Waals surface area contributed by atoms with E-state index in [9.17, 15) is 13.2 Å². The van der Waals surface area contributed by atoms with Crippen molar-refractivity contribution in [2.45, 2.75) is 11.8 Å². The van der Waals surface area contributed by atoms with Crippen LogP contribution in [0.3, 0.4) is 0 Å². The summed E-state index contributed by atoms with van der Waals surface area (Å²) in [5.74, 6) is 0.888. The summed E-state index contributed by atoms with van der Waals surface area (Å²) in [7, 11) is -2.19. The van der Waals surface area contributed by atoms with Crippen molar-refractivity contribution in [2.24, 2.45) is 0 Å². The first kappa shape index (κ1) is 22.2. The third-order valence-electron chi connectivity index (χ3n) is 4.53. The molecule has 8 heteroatoms. The van der Waals surface area contributed by atoms with Gasteiger partial charge in [0.05, 0.1) is 24.2 Å². The zero-order chi connectivity index (χ0) is 22.3. The van der Waals surface area contributed by atoms with Gasteiger partial charge in [0.25, 0.3) is 15.9 Å². The largest absolute Gasteiger partial charge is 0.493 e. The van der Waals surface area contributed by atoms with Crippen molar-refractivity contribution >= 4 is 21.6 Å². The molecule has 0 bridgehead atoms. The molecule has 0 saturated heterocycles. The number of amides is 1. The van der Waals surface area contributed by atoms with Gasteiger partial charge >= 0.3 is 0 Å². The first-order valence-electron chi connectivity index (χ1n) is 9.63. The number of nitrogens with one attached hydrogen (secondary N) is 2. The summed E-state index contributed by atoms with van der Waals surface area (Å²) in [5.41, 5.74) is 1.68. The molecule has 0 aliphatic rings. The lowest BCUT2D eigenvalue weighted by Crippen LogP contribution is -2.28. The fraction of sp³-hybridized carbons (Fsp3) is 0.174. The van der Waals surface area contributed by atoms with Crippen LogP contribution in [-0.4, -0.2) is 34.6 Å². The maximum Gasteiger partial charge on any atom is 0.261 e. The molecule has 3 aromatic carbocycles. The van der Waals surface area contributed by atoms with Gasteiger partial charge in [-0.2, -0.15) is 0 Å². The molecule has 0 fully saturated rings. The van der Waals surface area contributed by atoms with Gasteiger partial charge in [-0.3, -0.25) is 9.52 Å². The van der Waals surface area contributed by atoms with Crippen molar-refractivity contribution in [3.8, 4) is 11.5 Å². The Hall–Kier alpha value is -3.52. The van der Waals surface area contributed by atoms with Gasteiger partial charge in [-0.15, -0.1) is 0 Å². The van der Waals surface area contributed by atoms with E-state index in [2.05, 4.69) is 10.0 Å². The van der Waals surface area contributed by atoms with Crippen LogP contribution >= 0.6 is 0 Å². The average Bonchev–Trinajstić information content (AvgIpc) is 2.78. The summed E-state index contributed by atoms with van der Waals surface area (Å²) in [6.45, 7) is 2.37. The Kier molecular flexibility index (Phi) is 7.15. The Morgan fingerprint density at radius 1 is 0.903 bits per heavy atom. The molecule has 3 rings (SSSR count). The Labute approximate surface area is 182 Å². The number of hydrogen-bond acceptors (Lipinski definition) is 5. The summed E-state index contributed by atoms with van der Waals surface area (Å²) in [6, 6.07) is 20.1. The molecule has 0 aromatic heterocycles. The molecule has 0 spiro atoms. The number of rotatable bonds is 9. The maximum atomic E-state index is 12.6. The van der Waals surface area contributed by atoms with Crippen LogP contribution in [0.4, 0.5) is 5.69 Å². The number of anilines is 1. The Balaban J connectivity index is 1.55. The van der Waals surface area contributed by atoms with Crippen LogP contribution in [0.25, 0.3) is 0 Å². The van der Waals surface area contributed by atoms with E-state index in [-0.39, 0.29) is 24.0 Å². The first-order valence-corrected chi connectivity index (χ1v) is 11.1. The van der Waals surface area contributed by atoms with Gasteiger partial charge in [0.15, 0.2) is 11.5 Å². The highest BCUT2D eigenvalue weighted by Crippen LogP contribution is 2.25. The number of aryl methyl sites for hydroxylation is 1. The second kappa shape index (κ2) is 9.99. The molecule has 162 valence electrons. The first-order chi connectivity index (χ1) is 14.9. The molecule has 0 aliphatic heterocycles. The van der Waals surface area contributed by atoms with Crippen molar-refractivity contribution < 1.29 is 22.7 Å². The van der Waals surface area contributed by atoms with E-state index in [1.165, 1.54) is 24.3 Å². The van der Waals surface area contributed by atoms with Crippen LogP contribution in [0.15, 0.2) is 77.7 Å². The van der Waals surface area contributed by atoms with E-state index in [0.717, 1.165) is 5.56 Å². The number of carbonyl (C=O) groups excluding carboxylic acids is 1. The van der Waals surface area contributed by atoms with E-state index in [4.69, 9.17) is 9.47 Å². The Bertz CT molecular complexity index is 1140. The van der Waals surface area contributed by atoms with Crippen LogP contribution in [-0.2, 0) is 10.0 Å². The quantitative estimate of drug-likeness (QED) is 0.496. The molecule has 0 radical (unpaired) electrons. The molecule has 2 N–H and O–H groups in total. The topological polar surface area (TPSA) is 93.7 Å². The third kappa shape index (κ3) is 5.76. The fourth-order valence-corrected chi connectivity index (χ4v) is 3.97. The number of sulfonamides is 1. The summed E-state index contributed by atoms with van der Waals surface area (Å²) in [5, 5.41) is 2.74. The van der Waals surface area contributed by atoms with E-state index in [1.54, 1.807) is 31.4 Å². The van der Waals surface area contributed by atoms with E-state index in [1.807, 2.05) is 31.2 Å². The predicted molar refractivity (Wildman–Crippen MR) is 119 cm³/mol. The molecule has 3 aromatic rings. The molecule has 0 aliphatic carbocycles. The molecule has 1 amide bonds. The fourth-order valence-electron chi connectivity index (χ4n) is 2.84. The standard InChI is InChI=1S/C23H24N2O5S/c1-17-7-3-4-8-20(17)25-31(27,28)19-13-11-18(12-14-19)23(26)24-15-16-30-22-10-6-5-9-21(22)29-2/h3-14,25H,15-16H2,1-2H3,(H,24,26). The molecule has 0 atom stereocenters. The van der Waals surface area contributed by atoms with Gasteiger partial charge in [-0.05, 0) is 55.0 Å². The summed E-state index contributed by atoms with van der Waals surface area (Å²) in [4.78, 5) is 12.4. The highest BCUT2D eigenvalue weighted by molar-refractivity contribution is 7.92. The van der Waals surface area contributed by atoms with Gasteiger partial charge in [0.2, 0.25) is 0 Å². The van der Waals surface area contributed by atoms with E-state index in [0.29, 0.717) is 22.7 Å². The van der Waals surface area contributed by atoms with Crippen molar-refractivity contribution in [1.82, 2.24) is 5.32 Å². The SMILES string of the molecule is COc1ccccc1OCCNC(=O)c1ccc(S(=O)(=O)Nc2ccccc2C)cc1. The number of para-hydroxylation sites is 3. The summed E-state index contributed by atoms with van der Waals surface area (Å²) < 4.78 is 38.6. The predicted octanol–water partition coefficient (Wildman–Crippen LogP) is 3.61. The summed E-state index contributed by atoms with van der Waals surface area (Å²) in [6.07, 6.45) is 0. The number of ether oxygens (including phenoxy) is 2. The average molecular weight is 441 g/mol. The lowest BCUT2D eigenvalue weighted by atomic mass is 10.2. The second-order valence-corrected chi connectivity index (χ2v) is 8.38. The number of benzene rings is 3. The minimum atomic E-state index is -3.75. The van der Waals surface area contributed by atoms with Crippen molar-refractivity contribution in [3.05, 3.63) is 83.9 Å². The van der Waals surface area contributed by atoms with Gasteiger partial charge in [-0.25, -0.2) is 8.42 Å².